The van der Waals surface area contributed by atoms with Crippen LogP contribution in [-0.2, 0) is 9.30 Å². The topological polar surface area (TPSA) is 56.3 Å². The first-order chi connectivity index (χ1) is 9.31. The van der Waals surface area contributed by atoms with Crippen LogP contribution in [0.15, 0.2) is 24.4 Å². The van der Waals surface area contributed by atoms with Gasteiger partial charge in [0.1, 0.15) is 12.1 Å². The molecule has 0 spiro atoms. The fourth-order valence-electron chi connectivity index (χ4n) is 1.77. The number of hydrogen-bond acceptors (Lipinski definition) is 5. The van der Waals surface area contributed by atoms with Gasteiger partial charge in [0.15, 0.2) is 0 Å². The molecule has 0 aliphatic carbocycles. The highest BCUT2D eigenvalue weighted by Gasteiger charge is 2.18. The van der Waals surface area contributed by atoms with Crippen molar-refractivity contribution in [2.75, 3.05) is 20.4 Å². The summed E-state index contributed by atoms with van der Waals surface area (Å²) in [6.45, 7) is 5.33. The minimum atomic E-state index is -2.47. The largest absolute Gasteiger partial charge is 0.465 e. The molecule has 1 aromatic heterocycles. The Bertz CT molecular complexity index is 702. The van der Waals surface area contributed by atoms with E-state index < -0.39 is 13.1 Å². The van der Waals surface area contributed by atoms with Crippen molar-refractivity contribution in [1.29, 1.82) is 0 Å². The smallest absolute Gasteiger partial charge is 0.337 e. The van der Waals surface area contributed by atoms with Crippen LogP contribution in [0.5, 0.6) is 0 Å². The molecule has 1 aromatic carbocycles. The second-order valence-corrected chi connectivity index (χ2v) is 9.34. The normalized spacial score (nSPS) is 11.4. The van der Waals surface area contributed by atoms with E-state index in [1.165, 1.54) is 18.4 Å². The molecule has 1 heterocycles. The molecular weight excluding hydrogens is 293 g/mol. The SMILES string of the molecule is COC(=O)c1cc(-c2ncc(C)s2)cc(P(C)(C)=O)c1. The lowest BCUT2D eigenvalue weighted by Gasteiger charge is -2.11. The lowest BCUT2D eigenvalue weighted by atomic mass is 10.1. The van der Waals surface area contributed by atoms with E-state index in [-0.39, 0.29) is 0 Å². The summed E-state index contributed by atoms with van der Waals surface area (Å²) in [6, 6.07) is 5.20. The van der Waals surface area contributed by atoms with E-state index >= 15 is 0 Å². The van der Waals surface area contributed by atoms with Crippen LogP contribution in [0.1, 0.15) is 15.2 Å². The summed E-state index contributed by atoms with van der Waals surface area (Å²) in [4.78, 5) is 17.1. The van der Waals surface area contributed by atoms with Gasteiger partial charge in [0, 0.05) is 21.9 Å². The van der Waals surface area contributed by atoms with Gasteiger partial charge in [0.25, 0.3) is 0 Å². The van der Waals surface area contributed by atoms with E-state index in [1.807, 2.05) is 13.0 Å². The summed E-state index contributed by atoms with van der Waals surface area (Å²) in [5.74, 6) is -0.435. The van der Waals surface area contributed by atoms with Gasteiger partial charge in [0.2, 0.25) is 0 Å². The van der Waals surface area contributed by atoms with Crippen molar-refractivity contribution in [3.63, 3.8) is 0 Å². The van der Waals surface area contributed by atoms with Crippen molar-refractivity contribution in [2.24, 2.45) is 0 Å². The van der Waals surface area contributed by atoms with E-state index in [0.717, 1.165) is 15.4 Å². The van der Waals surface area contributed by atoms with Crippen molar-refractivity contribution in [1.82, 2.24) is 4.98 Å². The molecule has 0 unspecified atom stereocenters. The minimum Gasteiger partial charge on any atom is -0.465 e. The molecule has 0 N–H and O–H groups in total. The monoisotopic (exact) mass is 309 g/mol. The lowest BCUT2D eigenvalue weighted by molar-refractivity contribution is 0.0601. The van der Waals surface area contributed by atoms with Gasteiger partial charge < -0.3 is 9.30 Å². The molecule has 0 aliphatic rings. The predicted molar refractivity (Wildman–Crippen MR) is 82.7 cm³/mol. The van der Waals surface area contributed by atoms with Gasteiger partial charge >= 0.3 is 5.97 Å². The van der Waals surface area contributed by atoms with Crippen LogP contribution in [0.2, 0.25) is 0 Å². The zero-order chi connectivity index (χ0) is 14.9. The first-order valence-electron chi connectivity index (χ1n) is 6.03. The first kappa shape index (κ1) is 14.9. The van der Waals surface area contributed by atoms with Crippen molar-refractivity contribution in [2.45, 2.75) is 6.92 Å². The second-order valence-electron chi connectivity index (χ2n) is 4.89. The number of aromatic nitrogens is 1. The molecule has 0 saturated carbocycles. The molecule has 0 amide bonds. The number of ether oxygens (including phenoxy) is 1. The molecule has 0 fully saturated rings. The van der Waals surface area contributed by atoms with Gasteiger partial charge in [0.05, 0.1) is 12.7 Å². The summed E-state index contributed by atoms with van der Waals surface area (Å²) < 4.78 is 17.1. The molecule has 106 valence electrons. The van der Waals surface area contributed by atoms with Crippen LogP contribution in [0, 0.1) is 6.92 Å². The average Bonchev–Trinajstić information content (AvgIpc) is 2.83. The Balaban J connectivity index is 2.62. The maximum atomic E-state index is 12.3. The number of hydrogen-bond donors (Lipinski definition) is 0. The van der Waals surface area contributed by atoms with Crippen LogP contribution in [0.25, 0.3) is 10.6 Å². The van der Waals surface area contributed by atoms with Crippen LogP contribution >= 0.6 is 18.5 Å². The molecule has 0 bridgehead atoms. The second kappa shape index (κ2) is 5.51. The molecule has 2 aromatic rings. The lowest BCUT2D eigenvalue weighted by Crippen LogP contribution is -2.10. The number of thiazole rings is 1. The molecule has 0 radical (unpaired) electrons. The third kappa shape index (κ3) is 3.17. The Morgan fingerprint density at radius 3 is 2.50 bits per heavy atom. The highest BCUT2D eigenvalue weighted by molar-refractivity contribution is 7.70. The van der Waals surface area contributed by atoms with E-state index in [1.54, 1.807) is 31.7 Å². The molecule has 2 rings (SSSR count). The highest BCUT2D eigenvalue weighted by atomic mass is 32.1. The van der Waals surface area contributed by atoms with Crippen LogP contribution in [-0.4, -0.2) is 31.4 Å². The number of nitrogens with zero attached hydrogens (tertiary/aromatic N) is 1. The zero-order valence-corrected chi connectivity index (χ0v) is 13.5. The van der Waals surface area contributed by atoms with Crippen molar-refractivity contribution in [3.8, 4) is 10.6 Å². The summed E-state index contributed by atoms with van der Waals surface area (Å²) in [5.41, 5.74) is 1.20. The third-order valence-electron chi connectivity index (χ3n) is 2.83. The highest BCUT2D eigenvalue weighted by Crippen LogP contribution is 2.37. The number of methoxy groups -OCH3 is 1. The van der Waals surface area contributed by atoms with Crippen molar-refractivity contribution < 1.29 is 14.1 Å². The molecule has 6 heteroatoms. The van der Waals surface area contributed by atoms with E-state index in [0.29, 0.717) is 10.9 Å². The van der Waals surface area contributed by atoms with E-state index in [2.05, 4.69) is 4.98 Å². The first-order valence-corrected chi connectivity index (χ1v) is 9.45. The number of rotatable bonds is 3. The summed E-state index contributed by atoms with van der Waals surface area (Å²) in [5, 5.41) is 1.46. The molecule has 0 atom stereocenters. The molecule has 0 saturated heterocycles. The van der Waals surface area contributed by atoms with Gasteiger partial charge in [-0.3, -0.25) is 0 Å². The van der Waals surface area contributed by atoms with Gasteiger partial charge in [-0.2, -0.15) is 0 Å². The quantitative estimate of drug-likeness (QED) is 0.645. The van der Waals surface area contributed by atoms with E-state index in [9.17, 15) is 9.36 Å². The zero-order valence-electron chi connectivity index (χ0n) is 11.8. The third-order valence-corrected chi connectivity index (χ3v) is 5.29. The number of benzene rings is 1. The Kier molecular flexibility index (Phi) is 4.11. The van der Waals surface area contributed by atoms with Crippen LogP contribution in [0.4, 0.5) is 0 Å². The molecule has 0 aliphatic heterocycles. The van der Waals surface area contributed by atoms with Crippen LogP contribution in [0.3, 0.4) is 0 Å². The maximum Gasteiger partial charge on any atom is 0.337 e. The van der Waals surface area contributed by atoms with Crippen LogP contribution < -0.4 is 5.30 Å². The number of aryl methyl sites for hydroxylation is 1. The van der Waals surface area contributed by atoms with Gasteiger partial charge in [-0.1, -0.05) is 0 Å². The van der Waals surface area contributed by atoms with E-state index in [4.69, 9.17) is 4.74 Å². The Hall–Kier alpha value is -1.45. The fourth-order valence-corrected chi connectivity index (χ4v) is 3.42. The minimum absolute atomic E-state index is 0.400. The average molecular weight is 309 g/mol. The van der Waals surface area contributed by atoms with Gasteiger partial charge in [-0.15, -0.1) is 11.3 Å². The van der Waals surface area contributed by atoms with Crippen molar-refractivity contribution in [3.05, 3.63) is 34.8 Å². The number of carbonyl (C=O) groups excluding carboxylic acids is 1. The molecular formula is C14H16NO3PS. The van der Waals surface area contributed by atoms with Gasteiger partial charge in [-0.25, -0.2) is 9.78 Å². The molecule has 20 heavy (non-hydrogen) atoms. The predicted octanol–water partition coefficient (Wildman–Crippen LogP) is 3.15. The number of carbonyl (C=O) groups is 1. The maximum absolute atomic E-state index is 12.3. The Morgan fingerprint density at radius 1 is 1.30 bits per heavy atom. The number of esters is 1. The Morgan fingerprint density at radius 2 is 2.00 bits per heavy atom. The summed E-state index contributed by atoms with van der Waals surface area (Å²) >= 11 is 1.54. The fraction of sp³-hybridized carbons (Fsp3) is 0.286. The standard InChI is InChI=1S/C14H16NO3PS/c1-9-8-15-13(20-9)10-5-11(14(16)18-2)7-12(6-10)19(3,4)17/h5-8H,1-4H3. The summed E-state index contributed by atoms with van der Waals surface area (Å²) in [6.07, 6.45) is 1.78. The summed E-state index contributed by atoms with van der Waals surface area (Å²) in [7, 11) is -1.13. The Labute approximate surface area is 122 Å². The molecule has 4 nitrogen and oxygen atoms in total. The van der Waals surface area contributed by atoms with Crippen molar-refractivity contribution >= 4 is 29.8 Å². The van der Waals surface area contributed by atoms with Gasteiger partial charge in [-0.05, 0) is 38.5 Å².